The third-order valence-corrected chi connectivity index (χ3v) is 2.70. The molecule has 1 aromatic heterocycles. The van der Waals surface area contributed by atoms with E-state index < -0.39 is 0 Å². The largest absolute Gasteiger partial charge is 0.349 e. The second kappa shape index (κ2) is 7.06. The molecule has 0 bridgehead atoms. The minimum atomic E-state index is -0.104. The Labute approximate surface area is 103 Å². The monoisotopic (exact) mass is 238 g/mol. The Morgan fingerprint density at radius 1 is 1.53 bits per heavy atom. The zero-order valence-electron chi connectivity index (χ0n) is 10.9. The van der Waals surface area contributed by atoms with E-state index in [9.17, 15) is 4.79 Å². The van der Waals surface area contributed by atoms with Crippen LogP contribution in [0.4, 0.5) is 0 Å². The fourth-order valence-electron chi connectivity index (χ4n) is 1.48. The first-order valence-corrected chi connectivity index (χ1v) is 6.18. The highest BCUT2D eigenvalue weighted by molar-refractivity contribution is 5.92. The van der Waals surface area contributed by atoms with Gasteiger partial charge in [-0.3, -0.25) is 9.89 Å². The van der Waals surface area contributed by atoms with Crippen molar-refractivity contribution >= 4 is 5.91 Å². The number of carbonyl (C=O) groups is 1. The molecule has 0 saturated carbocycles. The first-order valence-electron chi connectivity index (χ1n) is 6.18. The van der Waals surface area contributed by atoms with Gasteiger partial charge in [0.1, 0.15) is 5.69 Å². The van der Waals surface area contributed by atoms with Crippen LogP contribution in [0.15, 0.2) is 6.07 Å². The maximum absolute atomic E-state index is 11.7. The summed E-state index contributed by atoms with van der Waals surface area (Å²) in [6.07, 6.45) is 1.98. The number of nitrogens with one attached hydrogen (secondary N) is 2. The average molecular weight is 238 g/mol. The summed E-state index contributed by atoms with van der Waals surface area (Å²) in [5, 5.41) is 9.74. The highest BCUT2D eigenvalue weighted by Gasteiger charge is 2.09. The quantitative estimate of drug-likeness (QED) is 0.746. The third-order valence-electron chi connectivity index (χ3n) is 2.70. The van der Waals surface area contributed by atoms with Gasteiger partial charge in [0.2, 0.25) is 0 Å². The number of hydrogen-bond donors (Lipinski definition) is 2. The highest BCUT2D eigenvalue weighted by Crippen LogP contribution is 2.02. The molecule has 0 aliphatic rings. The Morgan fingerprint density at radius 2 is 2.29 bits per heavy atom. The van der Waals surface area contributed by atoms with Crippen LogP contribution >= 0.6 is 0 Å². The van der Waals surface area contributed by atoms with E-state index in [1.54, 1.807) is 0 Å². The molecular weight excluding hydrogens is 216 g/mol. The Morgan fingerprint density at radius 3 is 2.94 bits per heavy atom. The maximum atomic E-state index is 11.7. The van der Waals surface area contributed by atoms with Crippen molar-refractivity contribution in [3.05, 3.63) is 17.5 Å². The van der Waals surface area contributed by atoms with Crippen molar-refractivity contribution in [1.82, 2.24) is 20.4 Å². The van der Waals surface area contributed by atoms with Crippen molar-refractivity contribution in [3.63, 3.8) is 0 Å². The van der Waals surface area contributed by atoms with Gasteiger partial charge in [-0.15, -0.1) is 0 Å². The summed E-state index contributed by atoms with van der Waals surface area (Å²) in [4.78, 5) is 13.9. The van der Waals surface area contributed by atoms with Crippen LogP contribution in [0.25, 0.3) is 0 Å². The molecule has 1 aromatic rings. The summed E-state index contributed by atoms with van der Waals surface area (Å²) in [6.45, 7) is 6.68. The number of rotatable bonds is 7. The Hall–Kier alpha value is -1.36. The predicted octanol–water partition coefficient (Wildman–Crippen LogP) is 1.04. The van der Waals surface area contributed by atoms with E-state index in [-0.39, 0.29) is 5.91 Å². The number of hydrogen-bond acceptors (Lipinski definition) is 3. The molecule has 1 rings (SSSR count). The zero-order chi connectivity index (χ0) is 12.7. The molecule has 2 N–H and O–H groups in total. The van der Waals surface area contributed by atoms with Crippen molar-refractivity contribution < 1.29 is 4.79 Å². The molecule has 0 aromatic carbocycles. The molecule has 96 valence electrons. The van der Waals surface area contributed by atoms with Gasteiger partial charge in [-0.1, -0.05) is 20.3 Å². The lowest BCUT2D eigenvalue weighted by atomic mass is 10.2. The summed E-state index contributed by atoms with van der Waals surface area (Å²) >= 11 is 0. The summed E-state index contributed by atoms with van der Waals surface area (Å²) in [6, 6.07) is 1.82. The lowest BCUT2D eigenvalue weighted by Crippen LogP contribution is -2.33. The van der Waals surface area contributed by atoms with Gasteiger partial charge in [0.25, 0.3) is 5.91 Å². The first-order chi connectivity index (χ1) is 8.17. The van der Waals surface area contributed by atoms with Crippen molar-refractivity contribution in [1.29, 1.82) is 0 Å². The molecule has 0 aliphatic carbocycles. The zero-order valence-corrected chi connectivity index (χ0v) is 10.9. The van der Waals surface area contributed by atoms with Gasteiger partial charge >= 0.3 is 0 Å². The van der Waals surface area contributed by atoms with E-state index in [1.165, 1.54) is 0 Å². The number of carbonyl (C=O) groups excluding carboxylic acids is 1. The number of H-pyrrole nitrogens is 1. The second-order valence-corrected chi connectivity index (χ2v) is 4.18. The highest BCUT2D eigenvalue weighted by atomic mass is 16.1. The van der Waals surface area contributed by atoms with Gasteiger partial charge in [0.15, 0.2) is 0 Å². The van der Waals surface area contributed by atoms with Crippen molar-refractivity contribution in [2.45, 2.75) is 26.7 Å². The minimum Gasteiger partial charge on any atom is -0.349 e. The SMILES string of the molecule is CCCc1cc(C(=O)NCCN(C)CC)n[nH]1. The van der Waals surface area contributed by atoms with Crippen LogP contribution in [0.1, 0.15) is 36.5 Å². The van der Waals surface area contributed by atoms with Gasteiger partial charge in [-0.2, -0.15) is 5.10 Å². The van der Waals surface area contributed by atoms with Crippen LogP contribution in [0.2, 0.25) is 0 Å². The van der Waals surface area contributed by atoms with Gasteiger partial charge in [0, 0.05) is 18.8 Å². The molecular formula is C12H22N4O. The van der Waals surface area contributed by atoms with Crippen LogP contribution in [0, 0.1) is 0 Å². The van der Waals surface area contributed by atoms with E-state index in [0.717, 1.165) is 31.6 Å². The fourth-order valence-corrected chi connectivity index (χ4v) is 1.48. The first kappa shape index (κ1) is 13.7. The molecule has 0 unspecified atom stereocenters. The van der Waals surface area contributed by atoms with Gasteiger partial charge in [-0.05, 0) is 26.1 Å². The Balaban J connectivity index is 2.36. The van der Waals surface area contributed by atoms with E-state index in [4.69, 9.17) is 0 Å². The van der Waals surface area contributed by atoms with Crippen molar-refractivity contribution in [3.8, 4) is 0 Å². The average Bonchev–Trinajstić information content (AvgIpc) is 2.78. The molecule has 0 spiro atoms. The molecule has 0 saturated heterocycles. The number of likely N-dealkylation sites (N-methyl/N-ethyl adjacent to an activating group) is 1. The number of aromatic nitrogens is 2. The molecule has 0 fully saturated rings. The third kappa shape index (κ3) is 4.56. The van der Waals surface area contributed by atoms with Crippen molar-refractivity contribution in [2.24, 2.45) is 0 Å². The van der Waals surface area contributed by atoms with Crippen LogP contribution in [0.5, 0.6) is 0 Å². The van der Waals surface area contributed by atoms with E-state index >= 15 is 0 Å². The van der Waals surface area contributed by atoms with E-state index in [0.29, 0.717) is 12.2 Å². The van der Waals surface area contributed by atoms with Gasteiger partial charge in [0.05, 0.1) is 0 Å². The normalized spacial score (nSPS) is 10.8. The number of aryl methyl sites for hydroxylation is 1. The van der Waals surface area contributed by atoms with Crippen LogP contribution in [0.3, 0.4) is 0 Å². The molecule has 5 heteroatoms. The molecule has 5 nitrogen and oxygen atoms in total. The summed E-state index contributed by atoms with van der Waals surface area (Å²) in [7, 11) is 2.03. The Bertz CT molecular complexity index is 348. The predicted molar refractivity (Wildman–Crippen MR) is 68.1 cm³/mol. The molecule has 0 atom stereocenters. The number of aromatic amines is 1. The topological polar surface area (TPSA) is 61.0 Å². The van der Waals surface area contributed by atoms with Gasteiger partial charge in [-0.25, -0.2) is 0 Å². The molecule has 1 heterocycles. The minimum absolute atomic E-state index is 0.104. The number of nitrogens with zero attached hydrogens (tertiary/aromatic N) is 2. The molecule has 1 amide bonds. The number of amides is 1. The Kier molecular flexibility index (Phi) is 5.69. The van der Waals surface area contributed by atoms with E-state index in [2.05, 4.69) is 34.3 Å². The van der Waals surface area contributed by atoms with Crippen LogP contribution in [-0.4, -0.2) is 47.7 Å². The lowest BCUT2D eigenvalue weighted by molar-refractivity contribution is 0.0945. The summed E-state index contributed by atoms with van der Waals surface area (Å²) < 4.78 is 0. The molecule has 17 heavy (non-hydrogen) atoms. The summed E-state index contributed by atoms with van der Waals surface area (Å²) in [5.41, 5.74) is 1.50. The van der Waals surface area contributed by atoms with Crippen LogP contribution in [-0.2, 0) is 6.42 Å². The van der Waals surface area contributed by atoms with Crippen molar-refractivity contribution in [2.75, 3.05) is 26.7 Å². The standard InChI is InChI=1S/C12H22N4O/c1-4-6-10-9-11(15-14-10)12(17)13-7-8-16(3)5-2/h9H,4-8H2,1-3H3,(H,13,17)(H,14,15). The molecule has 0 radical (unpaired) electrons. The second-order valence-electron chi connectivity index (χ2n) is 4.18. The van der Waals surface area contributed by atoms with Gasteiger partial charge < -0.3 is 10.2 Å². The van der Waals surface area contributed by atoms with E-state index in [1.807, 2.05) is 13.1 Å². The summed E-state index contributed by atoms with van der Waals surface area (Å²) in [5.74, 6) is -0.104. The smallest absolute Gasteiger partial charge is 0.271 e. The maximum Gasteiger partial charge on any atom is 0.271 e. The lowest BCUT2D eigenvalue weighted by Gasteiger charge is -2.13. The van der Waals surface area contributed by atoms with Crippen LogP contribution < -0.4 is 5.32 Å². The fraction of sp³-hybridized carbons (Fsp3) is 0.667. The molecule has 0 aliphatic heterocycles.